The molecule has 0 amide bonds. The number of carbonyl (C=O) groups excluding carboxylic acids is 1. The quantitative estimate of drug-likeness (QED) is 0.630. The third-order valence-electron chi connectivity index (χ3n) is 3.88. The second-order valence-corrected chi connectivity index (χ2v) is 6.23. The Labute approximate surface area is 120 Å². The van der Waals surface area contributed by atoms with Crippen LogP contribution in [0.2, 0.25) is 0 Å². The SMILES string of the molecule is Cc1cc(C=O)cc(C)c1B(O)OC(C)(C)C(C)(C)O. The minimum atomic E-state index is -1.16. The fourth-order valence-corrected chi connectivity index (χ4v) is 1.95. The van der Waals surface area contributed by atoms with Crippen molar-refractivity contribution in [2.45, 2.75) is 52.7 Å². The first kappa shape index (κ1) is 16.9. The van der Waals surface area contributed by atoms with Gasteiger partial charge in [0.05, 0.1) is 11.2 Å². The first-order chi connectivity index (χ1) is 8.99. The van der Waals surface area contributed by atoms with Crippen LogP contribution >= 0.6 is 0 Å². The largest absolute Gasteiger partial charge is 0.492 e. The molecule has 0 radical (unpaired) electrons. The van der Waals surface area contributed by atoms with E-state index in [0.717, 1.165) is 17.4 Å². The van der Waals surface area contributed by atoms with Crippen molar-refractivity contribution in [2.75, 3.05) is 0 Å². The lowest BCUT2D eigenvalue weighted by molar-refractivity contribution is -0.0982. The van der Waals surface area contributed by atoms with Gasteiger partial charge in [-0.05, 0) is 59.1 Å². The van der Waals surface area contributed by atoms with Crippen LogP contribution < -0.4 is 5.46 Å². The molecule has 0 aliphatic rings. The van der Waals surface area contributed by atoms with Gasteiger partial charge in [0.25, 0.3) is 0 Å². The van der Waals surface area contributed by atoms with E-state index < -0.39 is 18.3 Å². The van der Waals surface area contributed by atoms with Crippen LogP contribution in [0.25, 0.3) is 0 Å². The van der Waals surface area contributed by atoms with Gasteiger partial charge in [-0.25, -0.2) is 0 Å². The highest BCUT2D eigenvalue weighted by molar-refractivity contribution is 6.61. The van der Waals surface area contributed by atoms with Gasteiger partial charge >= 0.3 is 7.12 Å². The molecular formula is C15H23BO4. The van der Waals surface area contributed by atoms with Gasteiger partial charge in [-0.1, -0.05) is 11.1 Å². The average molecular weight is 278 g/mol. The molecule has 20 heavy (non-hydrogen) atoms. The van der Waals surface area contributed by atoms with Gasteiger partial charge in [0, 0.05) is 5.56 Å². The topological polar surface area (TPSA) is 66.8 Å². The zero-order chi connectivity index (χ0) is 15.7. The monoisotopic (exact) mass is 278 g/mol. The first-order valence-electron chi connectivity index (χ1n) is 6.64. The number of aryl methyl sites for hydroxylation is 2. The molecule has 1 aromatic rings. The van der Waals surface area contributed by atoms with Crippen LogP contribution in [-0.2, 0) is 4.65 Å². The van der Waals surface area contributed by atoms with E-state index >= 15 is 0 Å². The van der Waals surface area contributed by atoms with Crippen molar-refractivity contribution in [3.8, 4) is 0 Å². The van der Waals surface area contributed by atoms with Gasteiger partial charge in [-0.2, -0.15) is 0 Å². The Morgan fingerprint density at radius 3 is 1.95 bits per heavy atom. The van der Waals surface area contributed by atoms with Crippen molar-refractivity contribution in [3.05, 3.63) is 28.8 Å². The molecule has 1 aromatic carbocycles. The molecule has 2 N–H and O–H groups in total. The molecule has 0 fully saturated rings. The van der Waals surface area contributed by atoms with E-state index in [2.05, 4.69) is 0 Å². The highest BCUT2D eigenvalue weighted by atomic mass is 16.5. The van der Waals surface area contributed by atoms with Crippen molar-refractivity contribution in [3.63, 3.8) is 0 Å². The Balaban J connectivity index is 3.11. The first-order valence-corrected chi connectivity index (χ1v) is 6.64. The summed E-state index contributed by atoms with van der Waals surface area (Å²) in [5, 5.41) is 20.4. The number of aliphatic hydroxyl groups is 1. The Morgan fingerprint density at radius 2 is 1.60 bits per heavy atom. The molecule has 110 valence electrons. The molecule has 0 unspecified atom stereocenters. The minimum absolute atomic E-state index is 0.567. The molecule has 0 bridgehead atoms. The molecular weight excluding hydrogens is 255 g/mol. The number of rotatable bonds is 5. The highest BCUT2D eigenvalue weighted by Crippen LogP contribution is 2.25. The van der Waals surface area contributed by atoms with E-state index in [-0.39, 0.29) is 0 Å². The molecule has 0 atom stereocenters. The molecule has 0 aromatic heterocycles. The fraction of sp³-hybridized carbons (Fsp3) is 0.533. The second-order valence-electron chi connectivity index (χ2n) is 6.23. The average Bonchev–Trinajstić information content (AvgIpc) is 2.25. The summed E-state index contributed by atoms with van der Waals surface area (Å²) in [7, 11) is -1.16. The Morgan fingerprint density at radius 1 is 1.15 bits per heavy atom. The molecule has 0 saturated carbocycles. The van der Waals surface area contributed by atoms with Gasteiger partial charge in [-0.15, -0.1) is 0 Å². The summed E-state index contributed by atoms with van der Waals surface area (Å²) in [4.78, 5) is 10.8. The van der Waals surface area contributed by atoms with E-state index in [1.807, 2.05) is 13.8 Å². The molecule has 0 spiro atoms. The van der Waals surface area contributed by atoms with E-state index in [4.69, 9.17) is 4.65 Å². The predicted octanol–water partition coefficient (Wildman–Crippen LogP) is 1.37. The number of benzene rings is 1. The van der Waals surface area contributed by atoms with Crippen LogP contribution in [0.4, 0.5) is 0 Å². The normalized spacial score (nSPS) is 12.4. The van der Waals surface area contributed by atoms with Gasteiger partial charge in [-0.3, -0.25) is 4.79 Å². The third-order valence-corrected chi connectivity index (χ3v) is 3.88. The standard InChI is InChI=1S/C15H23BO4/c1-10-7-12(9-17)8-11(2)13(10)16(19)20-15(5,6)14(3,4)18/h7-9,18-19H,1-6H3. The Kier molecular flexibility index (Phi) is 4.80. The molecule has 4 nitrogen and oxygen atoms in total. The molecule has 0 heterocycles. The Hall–Kier alpha value is -1.17. The number of aldehydes is 1. The van der Waals surface area contributed by atoms with E-state index in [9.17, 15) is 14.9 Å². The van der Waals surface area contributed by atoms with Crippen LogP contribution in [-0.4, -0.2) is 34.7 Å². The summed E-state index contributed by atoms with van der Waals surface area (Å²) in [6, 6.07) is 3.41. The van der Waals surface area contributed by atoms with E-state index in [0.29, 0.717) is 11.0 Å². The van der Waals surface area contributed by atoms with Crippen molar-refractivity contribution >= 4 is 18.9 Å². The van der Waals surface area contributed by atoms with Crippen LogP contribution in [0.5, 0.6) is 0 Å². The van der Waals surface area contributed by atoms with Gasteiger partial charge < -0.3 is 14.8 Å². The van der Waals surface area contributed by atoms with Crippen molar-refractivity contribution < 1.29 is 19.6 Å². The summed E-state index contributed by atoms with van der Waals surface area (Å²) in [6.45, 7) is 10.4. The Bertz CT molecular complexity index is 480. The number of hydrogen-bond acceptors (Lipinski definition) is 4. The van der Waals surface area contributed by atoms with Crippen LogP contribution in [0, 0.1) is 13.8 Å². The van der Waals surface area contributed by atoms with Crippen molar-refractivity contribution in [1.29, 1.82) is 0 Å². The smallest absolute Gasteiger partial charge is 0.423 e. The lowest BCUT2D eigenvalue weighted by atomic mass is 9.71. The molecule has 0 saturated heterocycles. The van der Waals surface area contributed by atoms with Crippen LogP contribution in [0.1, 0.15) is 49.2 Å². The predicted molar refractivity (Wildman–Crippen MR) is 80.4 cm³/mol. The molecule has 0 aliphatic heterocycles. The maximum atomic E-state index is 10.8. The lowest BCUT2D eigenvalue weighted by Crippen LogP contribution is -2.53. The number of hydrogen-bond donors (Lipinski definition) is 2. The minimum Gasteiger partial charge on any atom is -0.423 e. The van der Waals surface area contributed by atoms with Crippen LogP contribution in [0.15, 0.2) is 12.1 Å². The van der Waals surface area contributed by atoms with Gasteiger partial charge in [0.15, 0.2) is 0 Å². The van der Waals surface area contributed by atoms with E-state index in [1.54, 1.807) is 39.8 Å². The van der Waals surface area contributed by atoms with Gasteiger partial charge in [0.2, 0.25) is 0 Å². The van der Waals surface area contributed by atoms with Gasteiger partial charge in [0.1, 0.15) is 6.29 Å². The van der Waals surface area contributed by atoms with Crippen molar-refractivity contribution in [1.82, 2.24) is 0 Å². The zero-order valence-corrected chi connectivity index (χ0v) is 13.0. The molecule has 5 heteroatoms. The van der Waals surface area contributed by atoms with Crippen LogP contribution in [0.3, 0.4) is 0 Å². The summed E-state index contributed by atoms with van der Waals surface area (Å²) in [6.07, 6.45) is 0.776. The number of carbonyl (C=O) groups is 1. The van der Waals surface area contributed by atoms with Crippen molar-refractivity contribution in [2.24, 2.45) is 0 Å². The van der Waals surface area contributed by atoms with E-state index in [1.165, 1.54) is 0 Å². The summed E-state index contributed by atoms with van der Waals surface area (Å²) >= 11 is 0. The molecule has 1 rings (SSSR count). The summed E-state index contributed by atoms with van der Waals surface area (Å²) < 4.78 is 5.64. The maximum absolute atomic E-state index is 10.8. The highest BCUT2D eigenvalue weighted by Gasteiger charge is 2.40. The summed E-state index contributed by atoms with van der Waals surface area (Å²) in [5.41, 5.74) is 0.746. The summed E-state index contributed by atoms with van der Waals surface area (Å²) in [5.74, 6) is 0. The lowest BCUT2D eigenvalue weighted by Gasteiger charge is -2.38. The third kappa shape index (κ3) is 3.48. The second kappa shape index (κ2) is 5.68. The zero-order valence-electron chi connectivity index (χ0n) is 13.0. The molecule has 0 aliphatic carbocycles. The maximum Gasteiger partial charge on any atom is 0.492 e. The fourth-order valence-electron chi connectivity index (χ4n) is 1.95.